The molecule has 10 heteroatoms. The molecule has 0 spiro atoms. The van der Waals surface area contributed by atoms with Gasteiger partial charge in [-0.15, -0.1) is 0 Å². The van der Waals surface area contributed by atoms with E-state index in [0.29, 0.717) is 25.3 Å². The SMILES string of the molecule is CC(C)(C)OC(=O)N1CCC[C@@H](N(C=Nc2ccc(Cn3ncc4cnccc43)cc2)C(=O)OC(C)(C)C)C1. The van der Waals surface area contributed by atoms with Gasteiger partial charge in [0.05, 0.1) is 30.0 Å². The molecular weight excluding hydrogens is 496 g/mol. The molecule has 0 saturated carbocycles. The van der Waals surface area contributed by atoms with Crippen molar-refractivity contribution in [3.8, 4) is 0 Å². The summed E-state index contributed by atoms with van der Waals surface area (Å²) in [5.74, 6) is 0. The van der Waals surface area contributed by atoms with Gasteiger partial charge in [-0.05, 0) is 78.1 Å². The van der Waals surface area contributed by atoms with Crippen molar-refractivity contribution in [2.24, 2.45) is 4.99 Å². The van der Waals surface area contributed by atoms with Gasteiger partial charge in [0, 0.05) is 30.9 Å². The van der Waals surface area contributed by atoms with Crippen LogP contribution in [0.4, 0.5) is 15.3 Å². The van der Waals surface area contributed by atoms with Gasteiger partial charge in [0.2, 0.25) is 0 Å². The van der Waals surface area contributed by atoms with Crippen LogP contribution in [0.2, 0.25) is 0 Å². The maximum atomic E-state index is 13.2. The molecule has 0 bridgehead atoms. The van der Waals surface area contributed by atoms with E-state index in [4.69, 9.17) is 9.47 Å². The van der Waals surface area contributed by atoms with E-state index in [1.165, 1.54) is 11.2 Å². The third-order valence-electron chi connectivity index (χ3n) is 6.09. The fraction of sp³-hybridized carbons (Fsp3) is 0.483. The Morgan fingerprint density at radius 1 is 1.05 bits per heavy atom. The molecule has 0 aliphatic carbocycles. The Balaban J connectivity index is 1.48. The number of nitrogens with zero attached hydrogens (tertiary/aromatic N) is 6. The van der Waals surface area contributed by atoms with E-state index in [9.17, 15) is 9.59 Å². The van der Waals surface area contributed by atoms with Gasteiger partial charge in [-0.3, -0.25) is 14.6 Å². The van der Waals surface area contributed by atoms with Gasteiger partial charge in [0.1, 0.15) is 17.5 Å². The molecule has 4 rings (SSSR count). The highest BCUT2D eigenvalue weighted by molar-refractivity contribution is 5.84. The molecule has 2 amide bonds. The maximum Gasteiger partial charge on any atom is 0.415 e. The normalized spacial score (nSPS) is 16.5. The van der Waals surface area contributed by atoms with E-state index in [-0.39, 0.29) is 12.1 Å². The van der Waals surface area contributed by atoms with Crippen molar-refractivity contribution in [1.82, 2.24) is 24.6 Å². The van der Waals surface area contributed by atoms with Crippen LogP contribution < -0.4 is 0 Å². The first-order valence-electron chi connectivity index (χ1n) is 13.3. The van der Waals surface area contributed by atoms with Crippen molar-refractivity contribution < 1.29 is 19.1 Å². The smallest absolute Gasteiger partial charge is 0.415 e. The first kappa shape index (κ1) is 28.1. The Hall–Kier alpha value is -3.95. The number of carbonyl (C=O) groups excluding carboxylic acids is 2. The first-order valence-corrected chi connectivity index (χ1v) is 13.3. The van der Waals surface area contributed by atoms with Gasteiger partial charge < -0.3 is 14.4 Å². The van der Waals surface area contributed by atoms with E-state index < -0.39 is 17.3 Å². The molecule has 3 heterocycles. The van der Waals surface area contributed by atoms with Crippen molar-refractivity contribution >= 4 is 35.1 Å². The number of piperidine rings is 1. The summed E-state index contributed by atoms with van der Waals surface area (Å²) < 4.78 is 13.2. The lowest BCUT2D eigenvalue weighted by molar-refractivity contribution is 0.00663. The lowest BCUT2D eigenvalue weighted by atomic mass is 10.1. The Morgan fingerprint density at radius 3 is 2.46 bits per heavy atom. The third kappa shape index (κ3) is 7.78. The molecular formula is C29H38N6O4. The standard InChI is InChI=1S/C29H38N6O4/c1-28(2,3)38-26(36)33-15-7-8-24(19-33)34(27(37)39-29(4,5)6)20-31-23-11-9-21(10-12-23)18-35-25-13-14-30-16-22(25)17-32-35/h9-14,16-17,20,24H,7-8,15,18-19H2,1-6H3/t24-/m1/s1. The topological polar surface area (TPSA) is 102 Å². The van der Waals surface area contributed by atoms with Crippen LogP contribution in [0.25, 0.3) is 10.9 Å². The third-order valence-corrected chi connectivity index (χ3v) is 6.09. The Labute approximate surface area is 229 Å². The summed E-state index contributed by atoms with van der Waals surface area (Å²) in [5, 5.41) is 5.46. The Kier molecular flexibility index (Phi) is 8.22. The summed E-state index contributed by atoms with van der Waals surface area (Å²) in [5.41, 5.74) is 1.52. The minimum absolute atomic E-state index is 0.285. The number of hydrogen-bond acceptors (Lipinski definition) is 7. The fourth-order valence-electron chi connectivity index (χ4n) is 4.32. The van der Waals surface area contributed by atoms with Crippen molar-refractivity contribution in [3.05, 3.63) is 54.5 Å². The van der Waals surface area contributed by atoms with Crippen LogP contribution in [0, 0.1) is 0 Å². The number of fused-ring (bicyclic) bond motifs is 1. The molecule has 0 unspecified atom stereocenters. The average Bonchev–Trinajstić information content (AvgIpc) is 3.26. The van der Waals surface area contributed by atoms with Crippen LogP contribution in [0.5, 0.6) is 0 Å². The number of benzene rings is 1. The van der Waals surface area contributed by atoms with E-state index in [0.717, 1.165) is 29.3 Å². The Bertz CT molecular complexity index is 1320. The van der Waals surface area contributed by atoms with E-state index in [1.807, 2.05) is 82.8 Å². The molecule has 208 valence electrons. The zero-order valence-electron chi connectivity index (χ0n) is 23.6. The van der Waals surface area contributed by atoms with Crippen molar-refractivity contribution in [2.75, 3.05) is 13.1 Å². The average molecular weight is 535 g/mol. The van der Waals surface area contributed by atoms with Crippen molar-refractivity contribution in [1.29, 1.82) is 0 Å². The number of pyridine rings is 1. The van der Waals surface area contributed by atoms with Crippen LogP contribution in [0.15, 0.2) is 53.9 Å². The zero-order valence-corrected chi connectivity index (χ0v) is 23.6. The highest BCUT2D eigenvalue weighted by atomic mass is 16.6. The lowest BCUT2D eigenvalue weighted by Gasteiger charge is -2.38. The first-order chi connectivity index (χ1) is 18.4. The van der Waals surface area contributed by atoms with Gasteiger partial charge in [-0.1, -0.05) is 12.1 Å². The summed E-state index contributed by atoms with van der Waals surface area (Å²) in [6.07, 6.45) is 7.45. The van der Waals surface area contributed by atoms with Crippen LogP contribution in [-0.2, 0) is 16.0 Å². The number of likely N-dealkylation sites (tertiary alicyclic amines) is 1. The van der Waals surface area contributed by atoms with Crippen molar-refractivity contribution in [2.45, 2.75) is 78.2 Å². The van der Waals surface area contributed by atoms with Crippen LogP contribution in [-0.4, -0.2) is 73.4 Å². The zero-order chi connectivity index (χ0) is 28.2. The minimum Gasteiger partial charge on any atom is -0.444 e. The molecule has 1 aromatic carbocycles. The second-order valence-corrected chi connectivity index (χ2v) is 11.8. The van der Waals surface area contributed by atoms with Crippen LogP contribution >= 0.6 is 0 Å². The predicted molar refractivity (Wildman–Crippen MR) is 150 cm³/mol. The molecule has 0 radical (unpaired) electrons. The fourth-order valence-corrected chi connectivity index (χ4v) is 4.32. The summed E-state index contributed by atoms with van der Waals surface area (Å²) in [7, 11) is 0. The Morgan fingerprint density at radius 2 is 1.77 bits per heavy atom. The van der Waals surface area contributed by atoms with Gasteiger partial charge in [-0.2, -0.15) is 5.10 Å². The lowest BCUT2D eigenvalue weighted by Crippen LogP contribution is -2.52. The van der Waals surface area contributed by atoms with Crippen molar-refractivity contribution in [3.63, 3.8) is 0 Å². The maximum absolute atomic E-state index is 13.2. The van der Waals surface area contributed by atoms with Crippen LogP contribution in [0.1, 0.15) is 59.9 Å². The molecule has 1 aliphatic heterocycles. The molecule has 1 fully saturated rings. The quantitative estimate of drug-likeness (QED) is 0.304. The van der Waals surface area contributed by atoms with Crippen LogP contribution in [0.3, 0.4) is 0 Å². The second-order valence-electron chi connectivity index (χ2n) is 11.8. The largest absolute Gasteiger partial charge is 0.444 e. The molecule has 0 N–H and O–H groups in total. The van der Waals surface area contributed by atoms with Gasteiger partial charge in [0.25, 0.3) is 0 Å². The molecule has 3 aromatic rings. The number of rotatable bonds is 5. The molecule has 1 saturated heterocycles. The number of carbonyl (C=O) groups is 2. The molecule has 2 aromatic heterocycles. The number of hydrogen-bond donors (Lipinski definition) is 0. The summed E-state index contributed by atoms with van der Waals surface area (Å²) in [6.45, 7) is 12.5. The minimum atomic E-state index is -0.670. The summed E-state index contributed by atoms with van der Waals surface area (Å²) in [6, 6.07) is 9.45. The molecule has 1 aliphatic rings. The van der Waals surface area contributed by atoms with E-state index in [1.54, 1.807) is 17.3 Å². The molecule has 10 nitrogen and oxygen atoms in total. The van der Waals surface area contributed by atoms with Gasteiger partial charge in [-0.25, -0.2) is 14.6 Å². The monoisotopic (exact) mass is 534 g/mol. The molecule has 1 atom stereocenters. The number of aromatic nitrogens is 3. The number of ether oxygens (including phenoxy) is 2. The predicted octanol–water partition coefficient (Wildman–Crippen LogP) is 5.78. The highest BCUT2D eigenvalue weighted by Crippen LogP contribution is 2.22. The second kappa shape index (κ2) is 11.4. The van der Waals surface area contributed by atoms with Gasteiger partial charge in [0.15, 0.2) is 0 Å². The highest BCUT2D eigenvalue weighted by Gasteiger charge is 2.34. The summed E-state index contributed by atoms with van der Waals surface area (Å²) in [4.78, 5) is 37.8. The summed E-state index contributed by atoms with van der Waals surface area (Å²) >= 11 is 0. The molecule has 39 heavy (non-hydrogen) atoms. The van der Waals surface area contributed by atoms with Gasteiger partial charge >= 0.3 is 12.2 Å². The van der Waals surface area contributed by atoms with E-state index in [2.05, 4.69) is 15.1 Å². The van der Waals surface area contributed by atoms with E-state index >= 15 is 0 Å². The number of amides is 2. The number of aliphatic imine (C=N–C) groups is 1.